The summed E-state index contributed by atoms with van der Waals surface area (Å²) < 4.78 is 1.15. The molecule has 2 aliphatic carbocycles. The van der Waals surface area contributed by atoms with Crippen LogP contribution in [0.3, 0.4) is 0 Å². The molecule has 20 rings (SSSR count). The SMILES string of the molecule is CC1(C)c2cc(-c3ccc4ccccc4c3)ccc2-c2ccc(-c3ccc4cc(-c5cc6ccccc6c6ccccc56)ccc4c3)cc21.CC1(C)c2cc(Br)ccc2-c2ccc(-c3ccc4ccccc4c3)cc21.OB(O)c1ccc2cc(-c3cc4ccccc4c4ccccc34)ccc2c1. The second-order valence-corrected chi connectivity index (χ2v) is 29.6. The molecule has 0 fully saturated rings. The monoisotopic (exact) mass is 1370 g/mol. The highest BCUT2D eigenvalue weighted by atomic mass is 79.9. The molecular weight excluding hydrogens is 1300 g/mol. The van der Waals surface area contributed by atoms with E-state index in [4.69, 9.17) is 0 Å². The molecule has 0 bridgehead atoms. The molecule has 0 spiro atoms. The molecule has 4 heteroatoms. The first kappa shape index (κ1) is 62.7. The molecule has 0 atom stereocenters. The molecule has 2 nitrogen and oxygen atoms in total. The summed E-state index contributed by atoms with van der Waals surface area (Å²) in [6.45, 7) is 9.41. The average molecular weight is 1370 g/mol. The number of benzene rings is 18. The quantitative estimate of drug-likeness (QED) is 0.129. The number of hydrogen-bond donors (Lipinski definition) is 2. The molecule has 0 saturated carbocycles. The lowest BCUT2D eigenvalue weighted by Gasteiger charge is -2.23. The number of hydrogen-bond acceptors (Lipinski definition) is 2. The predicted molar refractivity (Wildman–Crippen MR) is 439 cm³/mol. The molecular formula is C98H70BBrO2. The second-order valence-electron chi connectivity index (χ2n) is 28.7. The molecule has 2 N–H and O–H groups in total. The van der Waals surface area contributed by atoms with Crippen molar-refractivity contribution in [3.63, 3.8) is 0 Å². The summed E-state index contributed by atoms with van der Waals surface area (Å²) in [6.07, 6.45) is 0. The van der Waals surface area contributed by atoms with Crippen LogP contribution in [0, 0.1) is 0 Å². The Morgan fingerprint density at radius 1 is 0.216 bits per heavy atom. The number of halogens is 1. The van der Waals surface area contributed by atoms with E-state index in [0.29, 0.717) is 5.46 Å². The van der Waals surface area contributed by atoms with Crippen LogP contribution in [0.1, 0.15) is 49.9 Å². The number of rotatable bonds is 6. The van der Waals surface area contributed by atoms with Crippen LogP contribution in [0.25, 0.3) is 164 Å². The van der Waals surface area contributed by atoms with Crippen LogP contribution in [-0.2, 0) is 10.8 Å². The maximum Gasteiger partial charge on any atom is 0.488 e. The zero-order chi connectivity index (χ0) is 69.0. The lowest BCUT2D eigenvalue weighted by molar-refractivity contribution is 0.426. The van der Waals surface area contributed by atoms with Crippen LogP contribution in [0.5, 0.6) is 0 Å². The smallest absolute Gasteiger partial charge is 0.423 e. The molecule has 2 aliphatic rings. The van der Waals surface area contributed by atoms with Crippen LogP contribution in [-0.4, -0.2) is 17.2 Å². The summed E-state index contributed by atoms with van der Waals surface area (Å²) in [4.78, 5) is 0. The zero-order valence-electron chi connectivity index (χ0n) is 57.2. The molecule has 18 aromatic carbocycles. The molecule has 0 saturated heterocycles. The lowest BCUT2D eigenvalue weighted by Crippen LogP contribution is -2.29. The largest absolute Gasteiger partial charge is 0.488 e. The zero-order valence-corrected chi connectivity index (χ0v) is 58.8. The Kier molecular flexibility index (Phi) is 15.4. The van der Waals surface area contributed by atoms with Crippen LogP contribution >= 0.6 is 15.9 Å². The lowest BCUT2D eigenvalue weighted by atomic mass is 9.79. The molecule has 0 aliphatic heterocycles. The molecule has 102 heavy (non-hydrogen) atoms. The highest BCUT2D eigenvalue weighted by Crippen LogP contribution is 2.53. The van der Waals surface area contributed by atoms with E-state index in [-0.39, 0.29) is 10.8 Å². The van der Waals surface area contributed by atoms with E-state index >= 15 is 0 Å². The Morgan fingerprint density at radius 2 is 0.490 bits per heavy atom. The fourth-order valence-corrected chi connectivity index (χ4v) is 16.9. The molecule has 0 heterocycles. The third kappa shape index (κ3) is 11.0. The molecule has 0 amide bonds. The predicted octanol–water partition coefficient (Wildman–Crippen LogP) is 25.7. The summed E-state index contributed by atoms with van der Waals surface area (Å²) in [5.41, 5.74) is 24.0. The van der Waals surface area contributed by atoms with Crippen molar-refractivity contribution in [2.45, 2.75) is 38.5 Å². The minimum atomic E-state index is -1.45. The fraction of sp³-hybridized carbons (Fsp3) is 0.0612. The first-order valence-corrected chi connectivity index (χ1v) is 36.0. The maximum atomic E-state index is 9.39. The van der Waals surface area contributed by atoms with Crippen molar-refractivity contribution in [1.29, 1.82) is 0 Å². The fourth-order valence-electron chi connectivity index (χ4n) is 16.5. The average Bonchev–Trinajstić information content (AvgIpc) is 1.54. The van der Waals surface area contributed by atoms with Gasteiger partial charge in [-0.2, -0.15) is 0 Å². The van der Waals surface area contributed by atoms with Crippen molar-refractivity contribution in [2.75, 3.05) is 0 Å². The van der Waals surface area contributed by atoms with Crippen molar-refractivity contribution in [3.8, 4) is 77.9 Å². The van der Waals surface area contributed by atoms with E-state index in [2.05, 4.69) is 359 Å². The topological polar surface area (TPSA) is 40.5 Å². The van der Waals surface area contributed by atoms with Gasteiger partial charge < -0.3 is 10.0 Å². The molecule has 18 aromatic rings. The Morgan fingerprint density at radius 3 is 0.902 bits per heavy atom. The van der Waals surface area contributed by atoms with Crippen LogP contribution in [0.2, 0.25) is 0 Å². The van der Waals surface area contributed by atoms with E-state index in [1.807, 2.05) is 18.2 Å². The second kappa shape index (κ2) is 25.0. The third-order valence-corrected chi connectivity index (χ3v) is 22.5. The summed E-state index contributed by atoms with van der Waals surface area (Å²) in [6, 6.07) is 123. The summed E-state index contributed by atoms with van der Waals surface area (Å²) in [5, 5.41) is 38.7. The van der Waals surface area contributed by atoms with Crippen molar-refractivity contribution in [3.05, 3.63) is 366 Å². The minimum absolute atomic E-state index is 0.0152. The Bertz CT molecular complexity index is 6460. The Labute approximate surface area is 603 Å². The normalized spacial score (nSPS) is 13.0. The van der Waals surface area contributed by atoms with Gasteiger partial charge in [0.1, 0.15) is 0 Å². The third-order valence-electron chi connectivity index (χ3n) is 22.0. The van der Waals surface area contributed by atoms with Gasteiger partial charge in [0.05, 0.1) is 0 Å². The van der Waals surface area contributed by atoms with Gasteiger partial charge in [-0.3, -0.25) is 0 Å². The summed E-state index contributed by atoms with van der Waals surface area (Å²) in [5.74, 6) is 0. The van der Waals surface area contributed by atoms with Crippen molar-refractivity contribution < 1.29 is 10.0 Å². The summed E-state index contributed by atoms with van der Waals surface area (Å²) in [7, 11) is -1.45. The van der Waals surface area contributed by atoms with Gasteiger partial charge in [0.2, 0.25) is 0 Å². The first-order chi connectivity index (χ1) is 49.7. The van der Waals surface area contributed by atoms with Gasteiger partial charge in [-0.05, 0) is 265 Å². The van der Waals surface area contributed by atoms with Gasteiger partial charge in [-0.1, -0.05) is 311 Å². The Hall–Kier alpha value is -11.5. The van der Waals surface area contributed by atoms with E-state index in [9.17, 15) is 10.0 Å². The van der Waals surface area contributed by atoms with Crippen molar-refractivity contribution in [1.82, 2.24) is 0 Å². The van der Waals surface area contributed by atoms with Gasteiger partial charge in [0.15, 0.2) is 0 Å². The van der Waals surface area contributed by atoms with E-state index in [1.165, 1.54) is 170 Å². The van der Waals surface area contributed by atoms with Gasteiger partial charge in [0.25, 0.3) is 0 Å². The van der Waals surface area contributed by atoms with Crippen LogP contribution in [0.15, 0.2) is 344 Å². The van der Waals surface area contributed by atoms with Crippen LogP contribution in [0.4, 0.5) is 0 Å². The van der Waals surface area contributed by atoms with E-state index in [0.717, 1.165) is 20.8 Å². The maximum absolute atomic E-state index is 9.39. The summed E-state index contributed by atoms with van der Waals surface area (Å²) >= 11 is 3.64. The Balaban J connectivity index is 0.000000119. The van der Waals surface area contributed by atoms with Gasteiger partial charge >= 0.3 is 7.12 Å². The van der Waals surface area contributed by atoms with Gasteiger partial charge in [-0.15, -0.1) is 0 Å². The minimum Gasteiger partial charge on any atom is -0.423 e. The molecule has 0 radical (unpaired) electrons. The molecule has 484 valence electrons. The van der Waals surface area contributed by atoms with E-state index < -0.39 is 7.12 Å². The highest BCUT2D eigenvalue weighted by molar-refractivity contribution is 9.10. The van der Waals surface area contributed by atoms with Crippen molar-refractivity contribution >= 4 is 115 Å². The van der Waals surface area contributed by atoms with Gasteiger partial charge in [0, 0.05) is 15.3 Å². The first-order valence-electron chi connectivity index (χ1n) is 35.2. The molecule has 0 aromatic heterocycles. The number of fused-ring (bicyclic) bond motifs is 16. The van der Waals surface area contributed by atoms with Crippen molar-refractivity contribution in [2.24, 2.45) is 0 Å². The van der Waals surface area contributed by atoms with Crippen LogP contribution < -0.4 is 5.46 Å². The molecule has 0 unspecified atom stereocenters. The van der Waals surface area contributed by atoms with Gasteiger partial charge in [-0.25, -0.2) is 0 Å². The highest BCUT2D eigenvalue weighted by Gasteiger charge is 2.37. The van der Waals surface area contributed by atoms with E-state index in [1.54, 1.807) is 6.07 Å². The standard InChI is InChI=1S/C49H34.C25H19Br.C24H17BO2/c1-49(2)47-29-37(34-16-15-31-9-3-4-10-32(31)25-34)21-23-44(47)45-24-22-38(30-48(45)49)35-17-18-36-27-40(20-19-33(36)26-35)46-28-39-11-5-6-12-41(39)42-13-7-8-14-43(42)46;1-25(2)23-14-19(18-8-7-16-5-3-4-6-17(16)13-18)9-11-21(23)22-12-10-20(26)15-24(22)25;26-25(27)20-12-11-16-13-19(10-9-17(16)14-20)24-15-18-5-1-2-6-21(18)22-7-3-4-8-23(22)24/h3-30H,1-2H3;3-15H,1-2H3;1-15,26-27H.